The highest BCUT2D eigenvalue weighted by Gasteiger charge is 2.40. The first-order chi connectivity index (χ1) is 11.2. The number of fused-ring (bicyclic) bond motifs is 2. The fraction of sp³-hybridized carbons (Fsp3) is 0.500. The van der Waals surface area contributed by atoms with E-state index in [-0.39, 0.29) is 12.6 Å². The molecular weight excluding hydrogens is 292 g/mol. The van der Waals surface area contributed by atoms with E-state index in [4.69, 9.17) is 10.00 Å². The number of hydrogen-bond donors (Lipinski definition) is 1. The van der Waals surface area contributed by atoms with Gasteiger partial charge in [0, 0.05) is 6.42 Å². The Hall–Kier alpha value is -2.35. The lowest BCUT2D eigenvalue weighted by Gasteiger charge is -2.20. The molecule has 2 saturated carbocycles. The second kappa shape index (κ2) is 6.82. The number of carbonyl (C=O) groups excluding carboxylic acids is 2. The van der Waals surface area contributed by atoms with Gasteiger partial charge in [0.05, 0.1) is 11.3 Å². The number of amides is 1. The standard InChI is InChI=1S/C18H20N2O3/c19-10-14-3-1-2-4-16(14)20-17(21)11-23-18(22)9-15-8-12-5-6-13(15)7-12/h1-4,12-13,15H,5-9,11H2,(H,20,21)/t12-,13+,15-/m0/s1. The second-order valence-electron chi connectivity index (χ2n) is 6.51. The topological polar surface area (TPSA) is 79.2 Å². The van der Waals surface area contributed by atoms with Crippen LogP contribution in [0.2, 0.25) is 0 Å². The first kappa shape index (κ1) is 15.5. The van der Waals surface area contributed by atoms with Crippen molar-refractivity contribution in [2.45, 2.75) is 32.1 Å². The van der Waals surface area contributed by atoms with Crippen LogP contribution >= 0.6 is 0 Å². The highest BCUT2D eigenvalue weighted by Crippen LogP contribution is 2.49. The van der Waals surface area contributed by atoms with Crippen molar-refractivity contribution in [1.82, 2.24) is 0 Å². The molecule has 5 heteroatoms. The molecule has 23 heavy (non-hydrogen) atoms. The number of anilines is 1. The highest BCUT2D eigenvalue weighted by atomic mass is 16.5. The maximum Gasteiger partial charge on any atom is 0.306 e. The van der Waals surface area contributed by atoms with Crippen LogP contribution in [0.1, 0.15) is 37.7 Å². The summed E-state index contributed by atoms with van der Waals surface area (Å²) >= 11 is 0. The first-order valence-corrected chi connectivity index (χ1v) is 8.10. The Kier molecular flexibility index (Phi) is 4.61. The Labute approximate surface area is 135 Å². The van der Waals surface area contributed by atoms with Crippen LogP contribution in [0.4, 0.5) is 5.69 Å². The average molecular weight is 312 g/mol. The lowest BCUT2D eigenvalue weighted by atomic mass is 9.86. The third-order valence-corrected chi connectivity index (χ3v) is 5.00. The minimum absolute atomic E-state index is 0.300. The van der Waals surface area contributed by atoms with Gasteiger partial charge in [-0.15, -0.1) is 0 Å². The van der Waals surface area contributed by atoms with Crippen LogP contribution in [0, 0.1) is 29.1 Å². The maximum absolute atomic E-state index is 11.9. The number of carbonyl (C=O) groups is 2. The largest absolute Gasteiger partial charge is 0.456 e. The van der Waals surface area contributed by atoms with E-state index in [1.54, 1.807) is 24.3 Å². The van der Waals surface area contributed by atoms with Crippen LogP contribution < -0.4 is 5.32 Å². The van der Waals surface area contributed by atoms with Crippen LogP contribution in [0.15, 0.2) is 24.3 Å². The molecule has 0 saturated heterocycles. The number of para-hydroxylation sites is 1. The molecular formula is C18H20N2O3. The molecule has 2 aliphatic carbocycles. The molecule has 1 N–H and O–H groups in total. The van der Waals surface area contributed by atoms with E-state index in [0.29, 0.717) is 29.5 Å². The van der Waals surface area contributed by atoms with Crippen molar-refractivity contribution in [2.24, 2.45) is 17.8 Å². The number of nitrogens with one attached hydrogen (secondary N) is 1. The Bertz CT molecular complexity index is 650. The second-order valence-corrected chi connectivity index (χ2v) is 6.51. The van der Waals surface area contributed by atoms with Gasteiger partial charge in [0.25, 0.3) is 5.91 Å². The van der Waals surface area contributed by atoms with Crippen molar-refractivity contribution >= 4 is 17.6 Å². The van der Waals surface area contributed by atoms with E-state index in [1.807, 2.05) is 6.07 Å². The van der Waals surface area contributed by atoms with Crippen molar-refractivity contribution < 1.29 is 14.3 Å². The summed E-state index contributed by atoms with van der Waals surface area (Å²) in [5.74, 6) is 1.18. The highest BCUT2D eigenvalue weighted by molar-refractivity contribution is 5.93. The normalized spacial score (nSPS) is 24.9. The summed E-state index contributed by atoms with van der Waals surface area (Å²) in [6, 6.07) is 8.73. The minimum Gasteiger partial charge on any atom is -0.456 e. The molecule has 0 radical (unpaired) electrons. The van der Waals surface area contributed by atoms with E-state index in [9.17, 15) is 9.59 Å². The summed E-state index contributed by atoms with van der Waals surface area (Å²) in [7, 11) is 0. The number of nitrogens with zero attached hydrogens (tertiary/aromatic N) is 1. The van der Waals surface area contributed by atoms with Crippen molar-refractivity contribution in [3.05, 3.63) is 29.8 Å². The lowest BCUT2D eigenvalue weighted by Crippen LogP contribution is -2.23. The molecule has 0 aromatic heterocycles. The van der Waals surface area contributed by atoms with Crippen molar-refractivity contribution in [3.8, 4) is 6.07 Å². The predicted octanol–water partition coefficient (Wildman–Crippen LogP) is 2.87. The Balaban J connectivity index is 1.44. The average Bonchev–Trinajstić information content (AvgIpc) is 3.16. The predicted molar refractivity (Wildman–Crippen MR) is 84.3 cm³/mol. The quantitative estimate of drug-likeness (QED) is 0.848. The van der Waals surface area contributed by atoms with E-state index in [1.165, 1.54) is 19.3 Å². The lowest BCUT2D eigenvalue weighted by molar-refractivity contribution is -0.148. The van der Waals surface area contributed by atoms with Crippen LogP contribution in [-0.2, 0) is 14.3 Å². The Morgan fingerprint density at radius 1 is 1.26 bits per heavy atom. The van der Waals surface area contributed by atoms with Gasteiger partial charge in [0.15, 0.2) is 6.61 Å². The van der Waals surface area contributed by atoms with Gasteiger partial charge < -0.3 is 10.1 Å². The van der Waals surface area contributed by atoms with E-state index in [0.717, 1.165) is 12.3 Å². The molecule has 2 fully saturated rings. The van der Waals surface area contributed by atoms with E-state index >= 15 is 0 Å². The fourth-order valence-electron chi connectivity index (χ4n) is 3.92. The van der Waals surface area contributed by atoms with Crippen molar-refractivity contribution in [1.29, 1.82) is 5.26 Å². The van der Waals surface area contributed by atoms with Gasteiger partial charge in [-0.05, 0) is 49.1 Å². The summed E-state index contributed by atoms with van der Waals surface area (Å²) in [6.45, 7) is -0.306. The van der Waals surface area contributed by atoms with Gasteiger partial charge in [0.2, 0.25) is 0 Å². The third kappa shape index (κ3) is 3.70. The monoisotopic (exact) mass is 312 g/mol. The molecule has 1 aromatic rings. The maximum atomic E-state index is 11.9. The Morgan fingerprint density at radius 3 is 2.78 bits per heavy atom. The number of esters is 1. The van der Waals surface area contributed by atoms with E-state index < -0.39 is 5.91 Å². The van der Waals surface area contributed by atoms with Crippen molar-refractivity contribution in [3.63, 3.8) is 0 Å². The number of hydrogen-bond acceptors (Lipinski definition) is 4. The van der Waals surface area contributed by atoms with Crippen molar-refractivity contribution in [2.75, 3.05) is 11.9 Å². The SMILES string of the molecule is N#Cc1ccccc1NC(=O)COC(=O)C[C@@H]1C[C@H]2CC[C@@H]1C2. The summed E-state index contributed by atoms with van der Waals surface area (Å²) in [6.07, 6.45) is 5.33. The first-order valence-electron chi connectivity index (χ1n) is 8.10. The fourth-order valence-corrected chi connectivity index (χ4v) is 3.92. The summed E-state index contributed by atoms with van der Waals surface area (Å²) in [5.41, 5.74) is 0.818. The van der Waals surface area contributed by atoms with Gasteiger partial charge in [-0.1, -0.05) is 18.6 Å². The molecule has 3 rings (SSSR count). The van der Waals surface area contributed by atoms with Gasteiger partial charge in [0.1, 0.15) is 6.07 Å². The molecule has 2 bridgehead atoms. The van der Waals surface area contributed by atoms with Gasteiger partial charge >= 0.3 is 5.97 Å². The summed E-state index contributed by atoms with van der Waals surface area (Å²) in [4.78, 5) is 23.8. The zero-order chi connectivity index (χ0) is 16.2. The smallest absolute Gasteiger partial charge is 0.306 e. The summed E-state index contributed by atoms with van der Waals surface area (Å²) in [5, 5.41) is 11.6. The Morgan fingerprint density at radius 2 is 2.09 bits per heavy atom. The van der Waals surface area contributed by atoms with Crippen LogP contribution in [0.5, 0.6) is 0 Å². The molecule has 1 amide bonds. The molecule has 1 aromatic carbocycles. The van der Waals surface area contributed by atoms with Crippen LogP contribution in [0.3, 0.4) is 0 Å². The minimum atomic E-state index is -0.422. The van der Waals surface area contributed by atoms with Gasteiger partial charge in [-0.25, -0.2) is 0 Å². The number of rotatable bonds is 5. The third-order valence-electron chi connectivity index (χ3n) is 5.00. The van der Waals surface area contributed by atoms with E-state index in [2.05, 4.69) is 5.32 Å². The summed E-state index contributed by atoms with van der Waals surface area (Å²) < 4.78 is 5.09. The molecule has 0 aliphatic heterocycles. The number of ether oxygens (including phenoxy) is 1. The van der Waals surface area contributed by atoms with Crippen LogP contribution in [0.25, 0.3) is 0 Å². The zero-order valence-corrected chi connectivity index (χ0v) is 13.0. The number of benzene rings is 1. The van der Waals surface area contributed by atoms with Crippen LogP contribution in [-0.4, -0.2) is 18.5 Å². The molecule has 5 nitrogen and oxygen atoms in total. The molecule has 0 unspecified atom stereocenters. The molecule has 120 valence electrons. The van der Waals surface area contributed by atoms with Gasteiger partial charge in [-0.3, -0.25) is 9.59 Å². The van der Waals surface area contributed by atoms with Gasteiger partial charge in [-0.2, -0.15) is 5.26 Å². The molecule has 2 aliphatic rings. The molecule has 0 spiro atoms. The molecule has 0 heterocycles. The number of nitriles is 1. The molecule has 3 atom stereocenters. The zero-order valence-electron chi connectivity index (χ0n) is 13.0.